The molecule has 0 spiro atoms. The van der Waals surface area contributed by atoms with Gasteiger partial charge in [0.1, 0.15) is 0 Å². The maximum Gasteiger partial charge on any atom is 0.189 e. The average Bonchev–Trinajstić information content (AvgIpc) is 2.82. The molecule has 22 heavy (non-hydrogen) atoms. The van der Waals surface area contributed by atoms with E-state index in [4.69, 9.17) is 5.73 Å². The van der Waals surface area contributed by atoms with Crippen molar-refractivity contribution in [2.75, 3.05) is 6.54 Å². The van der Waals surface area contributed by atoms with E-state index in [1.165, 1.54) is 0 Å². The van der Waals surface area contributed by atoms with Crippen LogP contribution in [0.2, 0.25) is 0 Å². The fourth-order valence-electron chi connectivity index (χ4n) is 1.97. The van der Waals surface area contributed by atoms with E-state index in [0.29, 0.717) is 19.0 Å². The number of nitrogens with zero attached hydrogens (tertiary/aromatic N) is 4. The Morgan fingerprint density at radius 2 is 2.18 bits per heavy atom. The second-order valence-electron chi connectivity index (χ2n) is 5.38. The molecule has 2 heterocycles. The number of rotatable bonds is 5. The number of nitrogens with one attached hydrogen (secondary N) is 1. The Morgan fingerprint density at radius 1 is 1.41 bits per heavy atom. The SMILES string of the molecule is C=C(C)CNC(N)=NCc1ccc(-n2nc(C)cc2C)nc1. The Kier molecular flexibility index (Phi) is 4.93. The van der Waals surface area contributed by atoms with E-state index in [-0.39, 0.29) is 0 Å². The van der Waals surface area contributed by atoms with Crippen molar-refractivity contribution < 1.29 is 0 Å². The third kappa shape index (κ3) is 4.18. The van der Waals surface area contributed by atoms with Crippen LogP contribution in [0.3, 0.4) is 0 Å². The molecule has 6 nitrogen and oxygen atoms in total. The van der Waals surface area contributed by atoms with Gasteiger partial charge in [0.25, 0.3) is 0 Å². The molecule has 2 rings (SSSR count). The molecule has 0 aliphatic rings. The molecule has 0 saturated carbocycles. The summed E-state index contributed by atoms with van der Waals surface area (Å²) in [5.41, 5.74) is 9.81. The second-order valence-corrected chi connectivity index (χ2v) is 5.38. The summed E-state index contributed by atoms with van der Waals surface area (Å²) in [6.07, 6.45) is 1.79. The molecule has 0 radical (unpaired) electrons. The highest BCUT2D eigenvalue weighted by molar-refractivity contribution is 5.78. The Balaban J connectivity index is 2.02. The molecule has 2 aromatic rings. The molecule has 6 heteroatoms. The van der Waals surface area contributed by atoms with Crippen molar-refractivity contribution in [3.8, 4) is 5.82 Å². The van der Waals surface area contributed by atoms with Crippen LogP contribution in [0.5, 0.6) is 0 Å². The van der Waals surface area contributed by atoms with Crippen LogP contribution < -0.4 is 11.1 Å². The van der Waals surface area contributed by atoms with E-state index in [9.17, 15) is 0 Å². The molecule has 0 bridgehead atoms. The van der Waals surface area contributed by atoms with Crippen LogP contribution in [0.15, 0.2) is 41.5 Å². The first kappa shape index (κ1) is 15.8. The van der Waals surface area contributed by atoms with Gasteiger partial charge in [-0.25, -0.2) is 14.7 Å². The van der Waals surface area contributed by atoms with Gasteiger partial charge in [-0.05, 0) is 38.5 Å². The van der Waals surface area contributed by atoms with E-state index in [2.05, 4.69) is 27.0 Å². The minimum absolute atomic E-state index is 0.408. The molecule has 0 aromatic carbocycles. The molecular weight excluding hydrogens is 276 g/mol. The molecule has 0 amide bonds. The summed E-state index contributed by atoms with van der Waals surface area (Å²) in [5.74, 6) is 1.21. The molecule has 0 unspecified atom stereocenters. The smallest absolute Gasteiger partial charge is 0.189 e. The Morgan fingerprint density at radius 3 is 2.73 bits per heavy atom. The molecule has 0 aliphatic carbocycles. The quantitative estimate of drug-likeness (QED) is 0.501. The summed E-state index contributed by atoms with van der Waals surface area (Å²) in [7, 11) is 0. The normalized spacial score (nSPS) is 11.5. The molecule has 0 saturated heterocycles. The van der Waals surface area contributed by atoms with Crippen molar-refractivity contribution in [2.24, 2.45) is 10.7 Å². The molecule has 0 fully saturated rings. The number of aliphatic imine (C=N–C) groups is 1. The lowest BCUT2D eigenvalue weighted by Gasteiger charge is -2.06. The van der Waals surface area contributed by atoms with Crippen LogP contribution in [-0.2, 0) is 6.54 Å². The van der Waals surface area contributed by atoms with Crippen LogP contribution >= 0.6 is 0 Å². The monoisotopic (exact) mass is 298 g/mol. The van der Waals surface area contributed by atoms with E-state index >= 15 is 0 Å². The first-order valence-electron chi connectivity index (χ1n) is 7.12. The summed E-state index contributed by atoms with van der Waals surface area (Å²) < 4.78 is 1.82. The van der Waals surface area contributed by atoms with Gasteiger partial charge in [0.05, 0.1) is 12.2 Å². The van der Waals surface area contributed by atoms with E-state index in [0.717, 1.165) is 28.3 Å². The third-order valence-electron chi connectivity index (χ3n) is 3.04. The number of nitrogens with two attached hydrogens (primary N) is 1. The number of hydrogen-bond acceptors (Lipinski definition) is 3. The molecule has 0 atom stereocenters. The van der Waals surface area contributed by atoms with Gasteiger partial charge in [0.15, 0.2) is 11.8 Å². The van der Waals surface area contributed by atoms with Crippen molar-refractivity contribution in [1.82, 2.24) is 20.1 Å². The average molecular weight is 298 g/mol. The van der Waals surface area contributed by atoms with Crippen molar-refractivity contribution in [3.63, 3.8) is 0 Å². The van der Waals surface area contributed by atoms with Gasteiger partial charge in [-0.1, -0.05) is 18.2 Å². The van der Waals surface area contributed by atoms with Crippen LogP contribution in [0.1, 0.15) is 23.9 Å². The summed E-state index contributed by atoms with van der Waals surface area (Å²) in [4.78, 5) is 8.70. The van der Waals surface area contributed by atoms with Crippen LogP contribution in [0.4, 0.5) is 0 Å². The first-order chi connectivity index (χ1) is 10.5. The van der Waals surface area contributed by atoms with E-state index in [1.807, 2.05) is 43.7 Å². The third-order valence-corrected chi connectivity index (χ3v) is 3.04. The lowest BCUT2D eigenvalue weighted by Crippen LogP contribution is -2.32. The first-order valence-corrected chi connectivity index (χ1v) is 7.12. The van der Waals surface area contributed by atoms with Gasteiger partial charge >= 0.3 is 0 Å². The molecule has 116 valence electrons. The molecule has 3 N–H and O–H groups in total. The van der Waals surface area contributed by atoms with E-state index < -0.39 is 0 Å². The van der Waals surface area contributed by atoms with Crippen LogP contribution in [0.25, 0.3) is 5.82 Å². The maximum absolute atomic E-state index is 5.78. The predicted octanol–water partition coefficient (Wildman–Crippen LogP) is 1.86. The molecule has 0 aliphatic heterocycles. The van der Waals surface area contributed by atoms with Crippen molar-refractivity contribution >= 4 is 5.96 Å². The Labute approximate surface area is 130 Å². The number of aromatic nitrogens is 3. The van der Waals surface area contributed by atoms with Gasteiger partial charge in [-0.15, -0.1) is 0 Å². The topological polar surface area (TPSA) is 81.1 Å². The maximum atomic E-state index is 5.78. The molecular formula is C16H22N6. The summed E-state index contributed by atoms with van der Waals surface area (Å²) in [6, 6.07) is 5.93. The zero-order chi connectivity index (χ0) is 16.1. The largest absolute Gasteiger partial charge is 0.370 e. The number of aryl methyl sites for hydroxylation is 2. The zero-order valence-corrected chi connectivity index (χ0v) is 13.3. The number of guanidine groups is 1. The lowest BCUT2D eigenvalue weighted by molar-refractivity contribution is 0.803. The minimum atomic E-state index is 0.408. The van der Waals surface area contributed by atoms with Crippen LogP contribution in [0, 0.1) is 13.8 Å². The van der Waals surface area contributed by atoms with Gasteiger partial charge in [-0.2, -0.15) is 5.10 Å². The van der Waals surface area contributed by atoms with Crippen molar-refractivity contribution in [2.45, 2.75) is 27.3 Å². The minimum Gasteiger partial charge on any atom is -0.370 e. The predicted molar refractivity (Wildman–Crippen MR) is 89.0 cm³/mol. The van der Waals surface area contributed by atoms with Crippen LogP contribution in [-0.4, -0.2) is 27.3 Å². The van der Waals surface area contributed by atoms with Gasteiger partial charge < -0.3 is 11.1 Å². The van der Waals surface area contributed by atoms with E-state index in [1.54, 1.807) is 6.20 Å². The van der Waals surface area contributed by atoms with Gasteiger partial charge in [-0.3, -0.25) is 0 Å². The summed E-state index contributed by atoms with van der Waals surface area (Å²) in [5, 5.41) is 7.41. The summed E-state index contributed by atoms with van der Waals surface area (Å²) in [6.45, 7) is 10.8. The van der Waals surface area contributed by atoms with Gasteiger partial charge in [0, 0.05) is 18.4 Å². The fourth-order valence-corrected chi connectivity index (χ4v) is 1.97. The van der Waals surface area contributed by atoms with Crippen molar-refractivity contribution in [3.05, 3.63) is 53.5 Å². The summed E-state index contributed by atoms with van der Waals surface area (Å²) >= 11 is 0. The highest BCUT2D eigenvalue weighted by atomic mass is 15.3. The number of hydrogen-bond donors (Lipinski definition) is 2. The highest BCUT2D eigenvalue weighted by Gasteiger charge is 2.04. The Bertz CT molecular complexity index is 681. The highest BCUT2D eigenvalue weighted by Crippen LogP contribution is 2.10. The number of pyridine rings is 1. The Hall–Kier alpha value is -2.63. The molecule has 2 aromatic heterocycles. The second kappa shape index (κ2) is 6.89. The fraction of sp³-hybridized carbons (Fsp3) is 0.312. The van der Waals surface area contributed by atoms with Gasteiger partial charge in [0.2, 0.25) is 0 Å². The van der Waals surface area contributed by atoms with Crippen molar-refractivity contribution in [1.29, 1.82) is 0 Å². The zero-order valence-electron chi connectivity index (χ0n) is 13.3. The lowest BCUT2D eigenvalue weighted by atomic mass is 10.3. The standard InChI is InChI=1S/C16H22N6/c1-11(2)8-19-16(17)20-10-14-5-6-15(18-9-14)22-13(4)7-12(3)21-22/h5-7,9H,1,8,10H2,2-4H3,(H3,17,19,20).